The van der Waals surface area contributed by atoms with Crippen LogP contribution in [0.4, 0.5) is 0 Å². The minimum atomic E-state index is 0. The van der Waals surface area contributed by atoms with Gasteiger partial charge in [0.1, 0.15) is 0 Å². The third-order valence-electron chi connectivity index (χ3n) is 0. The molecule has 0 aromatic carbocycles. The van der Waals surface area contributed by atoms with E-state index in [1.807, 2.05) is 0 Å². The molecule has 0 saturated heterocycles. The van der Waals surface area contributed by atoms with Gasteiger partial charge in [0.05, 0.1) is 0 Å². The maximum absolute atomic E-state index is 0. The molecule has 10 heavy (non-hydrogen) atoms. The summed E-state index contributed by atoms with van der Waals surface area (Å²) in [5, 5.41) is 0. The van der Waals surface area contributed by atoms with Crippen LogP contribution in [0.2, 0.25) is 0 Å². The van der Waals surface area contributed by atoms with E-state index in [9.17, 15) is 0 Å². The second-order valence-corrected chi connectivity index (χ2v) is 0. The summed E-state index contributed by atoms with van der Waals surface area (Å²) in [7, 11) is 0. The molecule has 0 heterocycles. The van der Waals surface area contributed by atoms with E-state index in [1.54, 1.807) is 0 Å². The molecule has 0 rings (SSSR count). The fourth-order valence-electron chi connectivity index (χ4n) is 0. The van der Waals surface area contributed by atoms with Crippen LogP contribution in [0.5, 0.6) is 0 Å². The van der Waals surface area contributed by atoms with E-state index < -0.39 is 0 Å². The first-order chi connectivity index (χ1) is 0. The van der Waals surface area contributed by atoms with Crippen LogP contribution in [0, 0.1) is 0 Å². The molecule has 0 bridgehead atoms. The van der Waals surface area contributed by atoms with Gasteiger partial charge in [-0.1, -0.05) is 0 Å². The van der Waals surface area contributed by atoms with E-state index in [1.165, 1.54) is 0 Å². The van der Waals surface area contributed by atoms with E-state index in [0.29, 0.717) is 0 Å². The standard InChI is InChI=1S/4BrH.4ClH.2Ti/h8*1H;;/q;;;;;;;;2*+2/p-8. The summed E-state index contributed by atoms with van der Waals surface area (Å²) >= 11 is 0. The Balaban J connectivity index is 0. The molecule has 0 fully saturated rings. The second kappa shape index (κ2) is 104. The van der Waals surface area contributed by atoms with Crippen LogP contribution in [0.3, 0.4) is 0 Å². The number of rotatable bonds is 0. The Bertz CT molecular complexity index is 15.2. The van der Waals surface area contributed by atoms with E-state index in [4.69, 9.17) is 0 Å². The van der Waals surface area contributed by atoms with Crippen LogP contribution in [0.15, 0.2) is 0 Å². The number of halogens is 8. The molecular formula is Br4Cl4Ti2-4. The molecule has 0 aliphatic heterocycles. The van der Waals surface area contributed by atoms with Crippen molar-refractivity contribution in [2.24, 2.45) is 0 Å². The minimum absolute atomic E-state index is 0. The molecule has 0 amide bonds. The second-order valence-electron chi connectivity index (χ2n) is 0. The third kappa shape index (κ3) is 81.5. The zero-order valence-electron chi connectivity index (χ0n) is 4.02. The van der Waals surface area contributed by atoms with Crippen molar-refractivity contribution < 1.29 is 161 Å². The van der Waals surface area contributed by atoms with Crippen LogP contribution in [0.25, 0.3) is 0 Å². The Hall–Kier alpha value is 4.51. The van der Waals surface area contributed by atoms with Gasteiger partial charge in [0, 0.05) is 0 Å². The summed E-state index contributed by atoms with van der Waals surface area (Å²) in [5.41, 5.74) is 0. The van der Waals surface area contributed by atoms with Gasteiger partial charge in [-0.15, -0.1) is 0 Å². The van der Waals surface area contributed by atoms with Crippen molar-refractivity contribution in [1.82, 2.24) is 0 Å². The Morgan fingerprint density at radius 3 is 0.300 bits per heavy atom. The Kier molecular flexibility index (Phi) is 1350. The first kappa shape index (κ1) is 130. The Morgan fingerprint density at radius 2 is 0.300 bits per heavy atom. The molecule has 0 atom stereocenters. The fraction of sp³-hybridized carbons (Fsp3) is 0. The molecule has 0 saturated carbocycles. The van der Waals surface area contributed by atoms with Crippen LogP contribution in [-0.4, -0.2) is 0 Å². The third-order valence-corrected chi connectivity index (χ3v) is 0. The predicted octanol–water partition coefficient (Wildman–Crippen LogP) is -24.0. The molecule has 0 N–H and O–H groups in total. The zero-order chi connectivity index (χ0) is 0. The molecule has 0 aliphatic rings. The molecule has 0 unspecified atom stereocenters. The van der Waals surface area contributed by atoms with Crippen molar-refractivity contribution in [1.29, 1.82) is 0 Å². The van der Waals surface area contributed by atoms with Crippen molar-refractivity contribution in [2.75, 3.05) is 0 Å². The monoisotopic (exact) mass is 551 g/mol. The SMILES string of the molecule is [Br-].[Br-].[Br-].[Br-].[Cl-].[Cl-].[Cl-].[Cl-].[Ti+2].[Ti+2]. The maximum atomic E-state index is 0. The molecule has 0 aromatic rings. The van der Waals surface area contributed by atoms with E-state index >= 15 is 0 Å². The van der Waals surface area contributed by atoms with Gasteiger partial charge in [-0.25, -0.2) is 0 Å². The van der Waals surface area contributed by atoms with Crippen molar-refractivity contribution in [2.45, 2.75) is 0 Å². The average Bonchev–Trinajstić information content (AvgIpc) is 0. The number of hydrogen-bond acceptors (Lipinski definition) is 0. The average molecular weight is 557 g/mol. The molecule has 0 nitrogen and oxygen atoms in total. The van der Waals surface area contributed by atoms with Crippen molar-refractivity contribution in [3.63, 3.8) is 0 Å². The molecular weight excluding hydrogens is 557 g/mol. The smallest absolute Gasteiger partial charge is 1.00 e. The molecule has 0 radical (unpaired) electrons. The van der Waals surface area contributed by atoms with Crippen molar-refractivity contribution in [3.05, 3.63) is 0 Å². The van der Waals surface area contributed by atoms with Crippen LogP contribution in [0.1, 0.15) is 0 Å². The van der Waals surface area contributed by atoms with Crippen molar-refractivity contribution in [3.8, 4) is 0 Å². The largest absolute Gasteiger partial charge is 2.00 e. The summed E-state index contributed by atoms with van der Waals surface area (Å²) in [5.74, 6) is 0. The number of hydrogen-bond donors (Lipinski definition) is 0. The van der Waals surface area contributed by atoms with Crippen LogP contribution in [-0.2, 0) is 43.4 Å². The van der Waals surface area contributed by atoms with Gasteiger partial charge in [0.25, 0.3) is 0 Å². The van der Waals surface area contributed by atoms with Gasteiger partial charge in [-0.05, 0) is 0 Å². The Morgan fingerprint density at radius 1 is 0.300 bits per heavy atom. The normalized spacial score (nSPS) is 0. The van der Waals surface area contributed by atoms with Gasteiger partial charge in [-0.3, -0.25) is 0 Å². The van der Waals surface area contributed by atoms with Gasteiger partial charge >= 0.3 is 43.4 Å². The quantitative estimate of drug-likeness (QED) is 0.260. The minimum Gasteiger partial charge on any atom is -1.00 e. The van der Waals surface area contributed by atoms with Gasteiger partial charge in [0.2, 0.25) is 0 Å². The van der Waals surface area contributed by atoms with Gasteiger partial charge in [-0.2, -0.15) is 0 Å². The van der Waals surface area contributed by atoms with Gasteiger partial charge < -0.3 is 118 Å². The molecule has 68 valence electrons. The van der Waals surface area contributed by atoms with Crippen LogP contribution < -0.4 is 118 Å². The summed E-state index contributed by atoms with van der Waals surface area (Å²) < 4.78 is 0. The Labute approximate surface area is 158 Å². The van der Waals surface area contributed by atoms with E-state index in [2.05, 4.69) is 0 Å². The molecule has 0 aromatic heterocycles. The topological polar surface area (TPSA) is 0 Å². The first-order valence-electron chi connectivity index (χ1n) is 0. The zero-order valence-corrected chi connectivity index (χ0v) is 16.5. The van der Waals surface area contributed by atoms with Crippen LogP contribution >= 0.6 is 0 Å². The maximum Gasteiger partial charge on any atom is 2.00 e. The molecule has 0 aliphatic carbocycles. The van der Waals surface area contributed by atoms with Crippen molar-refractivity contribution >= 4 is 0 Å². The predicted molar refractivity (Wildman–Crippen MR) is 0 cm³/mol. The molecule has 10 heteroatoms. The van der Waals surface area contributed by atoms with E-state index in [-0.39, 0.29) is 161 Å². The summed E-state index contributed by atoms with van der Waals surface area (Å²) in [6.45, 7) is 0. The first-order valence-corrected chi connectivity index (χ1v) is 0. The summed E-state index contributed by atoms with van der Waals surface area (Å²) in [6.07, 6.45) is 0. The summed E-state index contributed by atoms with van der Waals surface area (Å²) in [4.78, 5) is 0. The summed E-state index contributed by atoms with van der Waals surface area (Å²) in [6, 6.07) is 0. The molecule has 0 spiro atoms. The van der Waals surface area contributed by atoms with Gasteiger partial charge in [0.15, 0.2) is 0 Å². The fourth-order valence-corrected chi connectivity index (χ4v) is 0. The van der Waals surface area contributed by atoms with E-state index in [0.717, 1.165) is 0 Å².